The molecule has 0 saturated carbocycles. The molecule has 1 aliphatic rings. The first-order chi connectivity index (χ1) is 10.1. The number of imidazole rings is 1. The summed E-state index contributed by atoms with van der Waals surface area (Å²) in [4.78, 5) is 14.8. The van der Waals surface area contributed by atoms with Gasteiger partial charge in [-0.25, -0.2) is 15.0 Å². The van der Waals surface area contributed by atoms with Gasteiger partial charge in [-0.15, -0.1) is 0 Å². The highest BCUT2D eigenvalue weighted by Gasteiger charge is 2.43. The van der Waals surface area contributed by atoms with Gasteiger partial charge in [0.25, 0.3) is 0 Å². The van der Waals surface area contributed by atoms with Gasteiger partial charge in [-0.05, 0) is 0 Å². The van der Waals surface area contributed by atoms with Gasteiger partial charge in [0, 0.05) is 0 Å². The van der Waals surface area contributed by atoms with Gasteiger partial charge in [0.2, 0.25) is 0 Å². The topological polar surface area (TPSA) is 157 Å². The molecule has 1 fully saturated rings. The molecule has 0 aliphatic carbocycles. The zero-order valence-corrected chi connectivity index (χ0v) is 10.8. The van der Waals surface area contributed by atoms with Crippen molar-refractivity contribution in [2.24, 2.45) is 0 Å². The van der Waals surface area contributed by atoms with Gasteiger partial charge < -0.3 is 35.5 Å². The van der Waals surface area contributed by atoms with Crippen molar-refractivity contribution >= 4 is 17.0 Å². The van der Waals surface area contributed by atoms with Crippen LogP contribution in [0.15, 0.2) is 12.7 Å². The van der Waals surface area contributed by atoms with Crippen molar-refractivity contribution in [3.63, 3.8) is 0 Å². The van der Waals surface area contributed by atoms with E-state index in [0.29, 0.717) is 17.0 Å². The summed E-state index contributed by atoms with van der Waals surface area (Å²) in [6.45, 7) is -0.494. The number of hydrogen-bond donors (Lipinski definition) is 6. The van der Waals surface area contributed by atoms with Crippen LogP contribution in [0.3, 0.4) is 0 Å². The van der Waals surface area contributed by atoms with Gasteiger partial charge in [-0.1, -0.05) is 0 Å². The Morgan fingerprint density at radius 2 is 1.95 bits per heavy atom. The second-order valence-electron chi connectivity index (χ2n) is 4.72. The summed E-state index contributed by atoms with van der Waals surface area (Å²) in [5, 5.41) is 41.3. The first-order valence-electron chi connectivity index (χ1n) is 6.33. The third kappa shape index (κ3) is 2.43. The largest absolute Gasteiger partial charge is 0.394 e. The van der Waals surface area contributed by atoms with E-state index in [4.69, 9.17) is 9.84 Å². The van der Waals surface area contributed by atoms with Crippen LogP contribution < -0.4 is 5.32 Å². The van der Waals surface area contributed by atoms with Crippen LogP contribution in [0.5, 0.6) is 0 Å². The van der Waals surface area contributed by atoms with E-state index in [1.165, 1.54) is 12.7 Å². The molecule has 10 nitrogen and oxygen atoms in total. The maximum Gasteiger partial charge on any atom is 0.182 e. The Kier molecular flexibility index (Phi) is 3.69. The highest BCUT2D eigenvalue weighted by Crippen LogP contribution is 2.24. The molecule has 0 spiro atoms. The number of rotatable bonds is 3. The third-order valence-corrected chi connectivity index (χ3v) is 3.39. The maximum absolute atomic E-state index is 9.96. The van der Waals surface area contributed by atoms with Crippen molar-refractivity contribution in [2.75, 3.05) is 11.9 Å². The number of aromatic nitrogens is 4. The summed E-state index contributed by atoms with van der Waals surface area (Å²) in [5.41, 5.74) is 0.937. The minimum atomic E-state index is -1.45. The summed E-state index contributed by atoms with van der Waals surface area (Å²) in [6, 6.07) is 0. The molecule has 6 N–H and O–H groups in total. The standard InChI is InChI=1S/C11H15N5O5/c17-1-4-6(18)7(19)8(20)11(21-4)16-10-5-9(13-2-12-5)14-3-15-10/h2-4,6-8,11,17-20H,1H2,(H2,12,13,14,15,16)/t4-,6-,7+,8-,11-/m1/s1. The zero-order valence-electron chi connectivity index (χ0n) is 10.8. The molecule has 0 aromatic carbocycles. The molecule has 0 bridgehead atoms. The number of ether oxygens (including phenoxy) is 1. The summed E-state index contributed by atoms with van der Waals surface area (Å²) < 4.78 is 5.34. The second kappa shape index (κ2) is 5.50. The number of nitrogens with zero attached hydrogens (tertiary/aromatic N) is 3. The Bertz CT molecular complexity index is 620. The van der Waals surface area contributed by atoms with E-state index < -0.39 is 37.3 Å². The van der Waals surface area contributed by atoms with Crippen molar-refractivity contribution in [3.05, 3.63) is 12.7 Å². The molecule has 21 heavy (non-hydrogen) atoms. The molecule has 0 amide bonds. The first kappa shape index (κ1) is 14.1. The molecule has 114 valence electrons. The van der Waals surface area contributed by atoms with E-state index in [0.717, 1.165) is 0 Å². The number of fused-ring (bicyclic) bond motifs is 1. The summed E-state index contributed by atoms with van der Waals surface area (Å²) in [6.07, 6.45) is -3.56. The van der Waals surface area contributed by atoms with E-state index in [1.807, 2.05) is 0 Å². The van der Waals surface area contributed by atoms with Crippen molar-refractivity contribution in [2.45, 2.75) is 30.6 Å². The van der Waals surface area contributed by atoms with Crippen LogP contribution in [0.1, 0.15) is 0 Å². The van der Waals surface area contributed by atoms with Gasteiger partial charge >= 0.3 is 0 Å². The fourth-order valence-electron chi connectivity index (χ4n) is 2.23. The second-order valence-corrected chi connectivity index (χ2v) is 4.72. The van der Waals surface area contributed by atoms with Crippen LogP contribution in [0.4, 0.5) is 5.82 Å². The molecule has 10 heteroatoms. The molecular weight excluding hydrogens is 282 g/mol. The number of aliphatic hydroxyl groups excluding tert-OH is 4. The predicted molar refractivity (Wildman–Crippen MR) is 69.1 cm³/mol. The van der Waals surface area contributed by atoms with Crippen LogP contribution in [0.25, 0.3) is 11.2 Å². The van der Waals surface area contributed by atoms with Crippen molar-refractivity contribution < 1.29 is 25.2 Å². The van der Waals surface area contributed by atoms with E-state index in [1.54, 1.807) is 0 Å². The highest BCUT2D eigenvalue weighted by atomic mass is 16.6. The molecule has 2 aromatic rings. The maximum atomic E-state index is 9.96. The number of aromatic amines is 1. The summed E-state index contributed by atoms with van der Waals surface area (Å²) >= 11 is 0. The van der Waals surface area contributed by atoms with Crippen molar-refractivity contribution in [1.29, 1.82) is 0 Å². The van der Waals surface area contributed by atoms with Gasteiger partial charge in [-0.3, -0.25) is 0 Å². The van der Waals surface area contributed by atoms with Crippen molar-refractivity contribution in [3.8, 4) is 0 Å². The molecule has 1 saturated heterocycles. The lowest BCUT2D eigenvalue weighted by atomic mass is 9.98. The van der Waals surface area contributed by atoms with E-state index in [-0.39, 0.29) is 0 Å². The Morgan fingerprint density at radius 3 is 2.71 bits per heavy atom. The van der Waals surface area contributed by atoms with Crippen LogP contribution >= 0.6 is 0 Å². The van der Waals surface area contributed by atoms with Crippen molar-refractivity contribution in [1.82, 2.24) is 19.9 Å². The number of H-pyrrole nitrogens is 1. The SMILES string of the molecule is OC[C@H]1O[C@@H](Nc2ncnc3nc[nH]c23)[C@H](O)[C@@H](O)[C@@H]1O. The first-order valence-corrected chi connectivity index (χ1v) is 6.33. The molecule has 0 unspecified atom stereocenters. The normalized spacial score (nSPS) is 33.2. The van der Waals surface area contributed by atoms with Gasteiger partial charge in [-0.2, -0.15) is 0 Å². The third-order valence-electron chi connectivity index (χ3n) is 3.39. The molecule has 3 rings (SSSR count). The Hall–Kier alpha value is -1.85. The molecular formula is C11H15N5O5. The molecule has 2 aromatic heterocycles. The monoisotopic (exact) mass is 297 g/mol. The van der Waals surface area contributed by atoms with E-state index >= 15 is 0 Å². The van der Waals surface area contributed by atoms with E-state index in [2.05, 4.69) is 25.3 Å². The lowest BCUT2D eigenvalue weighted by Gasteiger charge is -2.40. The van der Waals surface area contributed by atoms with Gasteiger partial charge in [0.15, 0.2) is 17.7 Å². The van der Waals surface area contributed by atoms with E-state index in [9.17, 15) is 15.3 Å². The molecule has 0 radical (unpaired) electrons. The number of aliphatic hydroxyl groups is 4. The Morgan fingerprint density at radius 1 is 1.14 bits per heavy atom. The molecule has 1 aliphatic heterocycles. The van der Waals surface area contributed by atoms with Gasteiger partial charge in [0.1, 0.15) is 36.3 Å². The number of nitrogens with one attached hydrogen (secondary N) is 2. The lowest BCUT2D eigenvalue weighted by molar-refractivity contribution is -0.221. The summed E-state index contributed by atoms with van der Waals surface area (Å²) in [7, 11) is 0. The fraction of sp³-hybridized carbons (Fsp3) is 0.545. The quantitative estimate of drug-likeness (QED) is 0.362. The van der Waals surface area contributed by atoms with Crippen LogP contribution in [0.2, 0.25) is 0 Å². The molecule has 3 heterocycles. The average molecular weight is 297 g/mol. The predicted octanol–water partition coefficient (Wildman–Crippen LogP) is -2.44. The minimum Gasteiger partial charge on any atom is -0.394 e. The lowest BCUT2D eigenvalue weighted by Crippen LogP contribution is -2.60. The fourth-order valence-corrected chi connectivity index (χ4v) is 2.23. The van der Waals surface area contributed by atoms with Crippen LogP contribution in [-0.2, 0) is 4.74 Å². The summed E-state index contributed by atoms with van der Waals surface area (Å²) in [5.74, 6) is 0.321. The minimum absolute atomic E-state index is 0.321. The highest BCUT2D eigenvalue weighted by molar-refractivity contribution is 5.81. The van der Waals surface area contributed by atoms with Gasteiger partial charge in [0.05, 0.1) is 12.9 Å². The molecule has 5 atom stereocenters. The Balaban J connectivity index is 1.85. The number of hydrogen-bond acceptors (Lipinski definition) is 9. The average Bonchev–Trinajstić information content (AvgIpc) is 2.97. The van der Waals surface area contributed by atoms with Crippen LogP contribution in [-0.4, -0.2) is 77.6 Å². The smallest absolute Gasteiger partial charge is 0.182 e. The number of anilines is 1. The Labute approximate surface area is 118 Å². The zero-order chi connectivity index (χ0) is 15.0. The van der Waals surface area contributed by atoms with Crippen LogP contribution in [0, 0.1) is 0 Å².